The van der Waals surface area contributed by atoms with E-state index in [1.807, 2.05) is 85.8 Å². The van der Waals surface area contributed by atoms with Gasteiger partial charge >= 0.3 is 0 Å². The van der Waals surface area contributed by atoms with Crippen LogP contribution in [0.5, 0.6) is 11.5 Å². The van der Waals surface area contributed by atoms with Crippen molar-refractivity contribution < 1.29 is 13.9 Å². The molecule has 6 nitrogen and oxygen atoms in total. The zero-order valence-electron chi connectivity index (χ0n) is 19.2. The number of thiazole rings is 1. The third-order valence-corrected chi connectivity index (χ3v) is 6.31. The van der Waals surface area contributed by atoms with Crippen molar-refractivity contribution in [1.29, 1.82) is 5.26 Å². The van der Waals surface area contributed by atoms with Gasteiger partial charge in [0.1, 0.15) is 28.9 Å². The summed E-state index contributed by atoms with van der Waals surface area (Å²) in [5.74, 6) is 2.01. The highest BCUT2D eigenvalue weighted by Crippen LogP contribution is 2.32. The number of hydrogen-bond donors (Lipinski definition) is 0. The van der Waals surface area contributed by atoms with E-state index in [0.29, 0.717) is 27.6 Å². The van der Waals surface area contributed by atoms with Crippen molar-refractivity contribution >= 4 is 27.4 Å². The number of aryl methyl sites for hydroxylation is 1. The summed E-state index contributed by atoms with van der Waals surface area (Å²) in [5, 5.41) is 11.0. The Balaban J connectivity index is 1.68. The van der Waals surface area contributed by atoms with Crippen molar-refractivity contribution in [1.82, 2.24) is 4.98 Å². The van der Waals surface area contributed by atoms with Crippen LogP contribution in [-0.4, -0.2) is 18.7 Å². The molecule has 0 bridgehead atoms. The number of rotatable bonds is 6. The fourth-order valence-electron chi connectivity index (χ4n) is 3.74. The highest BCUT2D eigenvalue weighted by Gasteiger charge is 2.12. The van der Waals surface area contributed by atoms with Crippen LogP contribution in [-0.2, 0) is 0 Å². The van der Waals surface area contributed by atoms with E-state index in [4.69, 9.17) is 29.1 Å². The molecule has 0 saturated heterocycles. The molecule has 35 heavy (non-hydrogen) atoms. The summed E-state index contributed by atoms with van der Waals surface area (Å²) in [4.78, 5) is 10.8. The molecule has 0 radical (unpaired) electrons. The maximum atomic E-state index is 8.88. The Bertz CT molecular complexity index is 1600. The van der Waals surface area contributed by atoms with Gasteiger partial charge in [0.25, 0.3) is 0 Å². The molecule has 5 rings (SSSR count). The molecule has 2 heterocycles. The van der Waals surface area contributed by atoms with E-state index in [9.17, 15) is 0 Å². The Kier molecular flexibility index (Phi) is 6.29. The summed E-state index contributed by atoms with van der Waals surface area (Å²) in [6, 6.07) is 27.1. The number of nitrogens with zero attached hydrogens (tertiary/aromatic N) is 3. The van der Waals surface area contributed by atoms with Gasteiger partial charge in [-0.05, 0) is 49.4 Å². The molecular formula is C28H21N3O3S. The largest absolute Gasteiger partial charge is 0.497 e. The standard InChI is InChI=1S/C28H21N3O3S/c1-18-27(20-6-4-3-5-7-20)31-28(35-18)30-24-17-26(19-8-10-21(32-2)11-9-19)34-25-13-12-22(16-23(24)25)33-15-14-29/h3-13,16-17H,15H2,1-2H3/b30-24+. The average molecular weight is 480 g/mol. The van der Waals surface area contributed by atoms with Gasteiger partial charge in [0.05, 0.1) is 18.2 Å². The Morgan fingerprint density at radius 3 is 2.49 bits per heavy atom. The molecule has 0 unspecified atom stereocenters. The topological polar surface area (TPSA) is 80.6 Å². The summed E-state index contributed by atoms with van der Waals surface area (Å²) < 4.78 is 17.0. The molecule has 0 spiro atoms. The minimum Gasteiger partial charge on any atom is -0.497 e. The van der Waals surface area contributed by atoms with Crippen LogP contribution in [0.25, 0.3) is 33.6 Å². The number of fused-ring (bicyclic) bond motifs is 1. The molecule has 5 aromatic rings. The highest BCUT2D eigenvalue weighted by molar-refractivity contribution is 7.15. The molecule has 3 aromatic carbocycles. The molecule has 172 valence electrons. The van der Waals surface area contributed by atoms with E-state index in [0.717, 1.165) is 32.8 Å². The molecule has 0 N–H and O–H groups in total. The fourth-order valence-corrected chi connectivity index (χ4v) is 4.56. The first kappa shape index (κ1) is 22.4. The summed E-state index contributed by atoms with van der Waals surface area (Å²) in [5.41, 5.74) is 3.53. The SMILES string of the molecule is COc1ccc(-c2c/c(=N\c3nc(-c4ccccc4)c(C)s3)c3cc(OCC#N)ccc3o2)cc1. The molecule has 0 fully saturated rings. The van der Waals surface area contributed by atoms with Crippen LogP contribution in [0.4, 0.5) is 5.13 Å². The van der Waals surface area contributed by atoms with Crippen LogP contribution < -0.4 is 14.8 Å². The van der Waals surface area contributed by atoms with Gasteiger partial charge in [-0.25, -0.2) is 9.98 Å². The molecule has 0 aliphatic heterocycles. The molecular weight excluding hydrogens is 458 g/mol. The first-order valence-electron chi connectivity index (χ1n) is 10.9. The lowest BCUT2D eigenvalue weighted by Crippen LogP contribution is -2.04. The van der Waals surface area contributed by atoms with Crippen LogP contribution in [0.3, 0.4) is 0 Å². The molecule has 7 heteroatoms. The maximum absolute atomic E-state index is 8.88. The summed E-state index contributed by atoms with van der Waals surface area (Å²) in [7, 11) is 1.64. The van der Waals surface area contributed by atoms with Crippen molar-refractivity contribution in [3.05, 3.63) is 89.1 Å². The number of benzene rings is 3. The molecule has 0 aliphatic carbocycles. The first-order chi connectivity index (χ1) is 17.1. The molecule has 0 aliphatic rings. The Labute approximate surface area is 206 Å². The van der Waals surface area contributed by atoms with Crippen molar-refractivity contribution in [2.45, 2.75) is 6.92 Å². The second kappa shape index (κ2) is 9.84. The Morgan fingerprint density at radius 1 is 0.971 bits per heavy atom. The van der Waals surface area contributed by atoms with Gasteiger partial charge in [0.15, 0.2) is 6.61 Å². The van der Waals surface area contributed by atoms with Crippen LogP contribution in [0.15, 0.2) is 88.3 Å². The minimum absolute atomic E-state index is 0.0365. The van der Waals surface area contributed by atoms with E-state index in [2.05, 4.69) is 0 Å². The van der Waals surface area contributed by atoms with Crippen molar-refractivity contribution in [2.75, 3.05) is 13.7 Å². The summed E-state index contributed by atoms with van der Waals surface area (Å²) >= 11 is 1.54. The van der Waals surface area contributed by atoms with Crippen LogP contribution in [0.1, 0.15) is 4.88 Å². The predicted molar refractivity (Wildman–Crippen MR) is 137 cm³/mol. The highest BCUT2D eigenvalue weighted by atomic mass is 32.1. The quantitative estimate of drug-likeness (QED) is 0.271. The second-order valence-corrected chi connectivity index (χ2v) is 8.89. The van der Waals surface area contributed by atoms with E-state index < -0.39 is 0 Å². The zero-order valence-corrected chi connectivity index (χ0v) is 20.0. The number of aromatic nitrogens is 1. The summed E-state index contributed by atoms with van der Waals surface area (Å²) in [6.07, 6.45) is 0. The summed E-state index contributed by atoms with van der Waals surface area (Å²) in [6.45, 7) is 2.01. The average Bonchev–Trinajstić information content (AvgIpc) is 3.27. The van der Waals surface area contributed by atoms with Crippen LogP contribution in [0.2, 0.25) is 0 Å². The van der Waals surface area contributed by atoms with Gasteiger partial charge in [-0.1, -0.05) is 41.7 Å². The Hall–Kier alpha value is -4.41. The van der Waals surface area contributed by atoms with Gasteiger partial charge < -0.3 is 13.9 Å². The van der Waals surface area contributed by atoms with Crippen molar-refractivity contribution in [2.24, 2.45) is 4.99 Å². The molecule has 0 saturated carbocycles. The lowest BCUT2D eigenvalue weighted by atomic mass is 10.1. The van der Waals surface area contributed by atoms with Crippen LogP contribution in [0, 0.1) is 18.3 Å². The third-order valence-electron chi connectivity index (χ3n) is 5.44. The van der Waals surface area contributed by atoms with Gasteiger partial charge in [-0.2, -0.15) is 5.26 Å². The molecule has 0 atom stereocenters. The van der Waals surface area contributed by atoms with Crippen molar-refractivity contribution in [3.63, 3.8) is 0 Å². The first-order valence-corrected chi connectivity index (χ1v) is 11.8. The van der Waals surface area contributed by atoms with Gasteiger partial charge in [0, 0.05) is 27.5 Å². The monoisotopic (exact) mass is 479 g/mol. The fraction of sp³-hybridized carbons (Fsp3) is 0.107. The van der Waals surface area contributed by atoms with E-state index in [1.165, 1.54) is 11.3 Å². The number of hydrogen-bond acceptors (Lipinski definition) is 7. The lowest BCUT2D eigenvalue weighted by molar-refractivity contribution is 0.368. The molecule has 2 aromatic heterocycles. The minimum atomic E-state index is -0.0365. The number of ether oxygens (including phenoxy) is 2. The van der Waals surface area contributed by atoms with Gasteiger partial charge in [-0.15, -0.1) is 0 Å². The lowest BCUT2D eigenvalue weighted by Gasteiger charge is -2.08. The third kappa shape index (κ3) is 4.79. The number of nitriles is 1. The van der Waals surface area contributed by atoms with Gasteiger partial charge in [-0.3, -0.25) is 0 Å². The van der Waals surface area contributed by atoms with Gasteiger partial charge in [0.2, 0.25) is 5.13 Å². The maximum Gasteiger partial charge on any atom is 0.210 e. The second-order valence-electron chi connectivity index (χ2n) is 7.71. The van der Waals surface area contributed by atoms with Crippen molar-refractivity contribution in [3.8, 4) is 40.1 Å². The van der Waals surface area contributed by atoms with E-state index >= 15 is 0 Å². The van der Waals surface area contributed by atoms with E-state index in [1.54, 1.807) is 13.2 Å². The number of methoxy groups -OCH3 is 1. The molecule has 0 amide bonds. The predicted octanol–water partition coefficient (Wildman–Crippen LogP) is 6.68. The van der Waals surface area contributed by atoms with E-state index in [-0.39, 0.29) is 6.61 Å². The smallest absolute Gasteiger partial charge is 0.210 e. The Morgan fingerprint density at radius 2 is 1.74 bits per heavy atom. The zero-order chi connectivity index (χ0) is 24.2. The van der Waals surface area contributed by atoms with Crippen LogP contribution >= 0.6 is 11.3 Å². The normalized spacial score (nSPS) is 11.4.